The number of carbonyl (C=O) groups excluding carboxylic acids is 1. The maximum atomic E-state index is 12.6. The van der Waals surface area contributed by atoms with E-state index >= 15 is 0 Å². The van der Waals surface area contributed by atoms with E-state index in [0.29, 0.717) is 24.7 Å². The summed E-state index contributed by atoms with van der Waals surface area (Å²) in [6.07, 6.45) is 2.27. The Balaban J connectivity index is 1.41. The largest absolute Gasteiger partial charge is 0.363 e. The van der Waals surface area contributed by atoms with E-state index in [1.807, 2.05) is 43.0 Å². The van der Waals surface area contributed by atoms with Crippen molar-refractivity contribution < 1.29 is 9.32 Å². The average molecular weight is 356 g/mol. The molecule has 3 heterocycles. The Labute approximate surface area is 152 Å². The minimum absolute atomic E-state index is 0.0480. The van der Waals surface area contributed by atoms with Crippen molar-refractivity contribution >= 4 is 17.5 Å². The SMILES string of the molecule is Cc1nc(N(C)C)cc(N2CCN(C(=O)c3cc(C4CC4)on3)CC2)n1. The van der Waals surface area contributed by atoms with Gasteiger partial charge in [0.05, 0.1) is 0 Å². The molecule has 0 bridgehead atoms. The minimum Gasteiger partial charge on any atom is -0.363 e. The van der Waals surface area contributed by atoms with Crippen molar-refractivity contribution in [2.45, 2.75) is 25.7 Å². The second-order valence-corrected chi connectivity index (χ2v) is 7.19. The summed E-state index contributed by atoms with van der Waals surface area (Å²) in [7, 11) is 3.94. The smallest absolute Gasteiger partial charge is 0.276 e. The van der Waals surface area contributed by atoms with Gasteiger partial charge in [-0.15, -0.1) is 0 Å². The van der Waals surface area contributed by atoms with Crippen LogP contribution in [-0.2, 0) is 0 Å². The summed E-state index contributed by atoms with van der Waals surface area (Å²) in [4.78, 5) is 27.7. The van der Waals surface area contributed by atoms with Crippen molar-refractivity contribution in [2.75, 3.05) is 50.1 Å². The van der Waals surface area contributed by atoms with E-state index in [1.165, 1.54) is 0 Å². The Morgan fingerprint density at radius 1 is 1.15 bits per heavy atom. The Morgan fingerprint density at radius 2 is 1.88 bits per heavy atom. The molecule has 2 aliphatic rings. The molecule has 0 aromatic carbocycles. The van der Waals surface area contributed by atoms with E-state index in [4.69, 9.17) is 4.52 Å². The Kier molecular flexibility index (Phi) is 4.26. The topological polar surface area (TPSA) is 78.6 Å². The summed E-state index contributed by atoms with van der Waals surface area (Å²) < 4.78 is 5.31. The molecule has 0 unspecified atom stereocenters. The predicted octanol–water partition coefficient (Wildman–Crippen LogP) is 1.68. The van der Waals surface area contributed by atoms with Crippen LogP contribution >= 0.6 is 0 Å². The van der Waals surface area contributed by atoms with Gasteiger partial charge in [0, 0.05) is 58.3 Å². The molecule has 2 aromatic heterocycles. The molecule has 1 saturated carbocycles. The maximum absolute atomic E-state index is 12.6. The first-order chi connectivity index (χ1) is 12.5. The van der Waals surface area contributed by atoms with Gasteiger partial charge in [0.2, 0.25) is 0 Å². The van der Waals surface area contributed by atoms with Gasteiger partial charge in [0.15, 0.2) is 5.69 Å². The molecule has 138 valence electrons. The van der Waals surface area contributed by atoms with Gasteiger partial charge in [-0.05, 0) is 19.8 Å². The van der Waals surface area contributed by atoms with Gasteiger partial charge in [-0.2, -0.15) is 0 Å². The highest BCUT2D eigenvalue weighted by Crippen LogP contribution is 2.40. The fraction of sp³-hybridized carbons (Fsp3) is 0.556. The van der Waals surface area contributed by atoms with Crippen molar-refractivity contribution in [1.29, 1.82) is 0 Å². The Hall–Kier alpha value is -2.64. The van der Waals surface area contributed by atoms with E-state index in [1.54, 1.807) is 0 Å². The van der Waals surface area contributed by atoms with E-state index < -0.39 is 0 Å². The zero-order valence-electron chi connectivity index (χ0n) is 15.5. The zero-order chi connectivity index (χ0) is 18.3. The molecule has 1 saturated heterocycles. The number of aryl methyl sites for hydroxylation is 1. The van der Waals surface area contributed by atoms with E-state index in [2.05, 4.69) is 20.0 Å². The molecule has 2 fully saturated rings. The summed E-state index contributed by atoms with van der Waals surface area (Å²) >= 11 is 0. The normalized spacial score (nSPS) is 17.5. The monoisotopic (exact) mass is 356 g/mol. The lowest BCUT2D eigenvalue weighted by Gasteiger charge is -2.35. The molecule has 0 atom stereocenters. The van der Waals surface area contributed by atoms with E-state index in [9.17, 15) is 4.79 Å². The van der Waals surface area contributed by atoms with Crippen LogP contribution in [0.2, 0.25) is 0 Å². The first kappa shape index (κ1) is 16.8. The molecule has 2 aromatic rings. The van der Waals surface area contributed by atoms with Gasteiger partial charge in [-0.1, -0.05) is 5.16 Å². The number of hydrogen-bond donors (Lipinski definition) is 0. The third kappa shape index (κ3) is 3.36. The van der Waals surface area contributed by atoms with E-state index in [-0.39, 0.29) is 5.91 Å². The van der Waals surface area contributed by atoms with Gasteiger partial charge in [0.1, 0.15) is 23.2 Å². The van der Waals surface area contributed by atoms with Crippen LogP contribution in [0.3, 0.4) is 0 Å². The van der Waals surface area contributed by atoms with Crippen molar-refractivity contribution in [3.05, 3.63) is 29.4 Å². The summed E-state index contributed by atoms with van der Waals surface area (Å²) in [6, 6.07) is 3.80. The molecule has 1 aliphatic heterocycles. The van der Waals surface area contributed by atoms with Crippen LogP contribution in [0.15, 0.2) is 16.7 Å². The van der Waals surface area contributed by atoms with Crippen LogP contribution in [0, 0.1) is 6.92 Å². The van der Waals surface area contributed by atoms with Crippen LogP contribution in [0.1, 0.15) is 40.8 Å². The Bertz CT molecular complexity index is 806. The van der Waals surface area contributed by atoms with Gasteiger partial charge >= 0.3 is 0 Å². The van der Waals surface area contributed by atoms with Crippen molar-refractivity contribution in [3.8, 4) is 0 Å². The van der Waals surface area contributed by atoms with Crippen molar-refractivity contribution in [1.82, 2.24) is 20.0 Å². The van der Waals surface area contributed by atoms with Crippen molar-refractivity contribution in [2.24, 2.45) is 0 Å². The molecule has 8 nitrogen and oxygen atoms in total. The number of nitrogens with zero attached hydrogens (tertiary/aromatic N) is 6. The average Bonchev–Trinajstić information content (AvgIpc) is 3.37. The highest BCUT2D eigenvalue weighted by atomic mass is 16.5. The van der Waals surface area contributed by atoms with Gasteiger partial charge < -0.3 is 19.2 Å². The highest BCUT2D eigenvalue weighted by Gasteiger charge is 2.31. The number of rotatable bonds is 4. The number of aromatic nitrogens is 3. The molecule has 1 aliphatic carbocycles. The molecule has 8 heteroatoms. The lowest BCUT2D eigenvalue weighted by molar-refractivity contribution is 0.0736. The number of amides is 1. The number of hydrogen-bond acceptors (Lipinski definition) is 7. The van der Waals surface area contributed by atoms with Gasteiger partial charge in [-0.3, -0.25) is 4.79 Å². The fourth-order valence-electron chi connectivity index (χ4n) is 3.18. The predicted molar refractivity (Wildman–Crippen MR) is 97.7 cm³/mol. The minimum atomic E-state index is -0.0480. The summed E-state index contributed by atoms with van der Waals surface area (Å²) in [5, 5.41) is 3.97. The molecule has 0 spiro atoms. The van der Waals surface area contributed by atoms with E-state index in [0.717, 1.165) is 49.2 Å². The van der Waals surface area contributed by atoms with Crippen LogP contribution in [0.4, 0.5) is 11.6 Å². The third-order valence-electron chi connectivity index (χ3n) is 4.89. The highest BCUT2D eigenvalue weighted by molar-refractivity contribution is 5.92. The first-order valence-corrected chi connectivity index (χ1v) is 9.05. The fourth-order valence-corrected chi connectivity index (χ4v) is 3.18. The van der Waals surface area contributed by atoms with Crippen LogP contribution in [0.25, 0.3) is 0 Å². The molecular formula is C18H24N6O2. The standard InChI is InChI=1S/C18H24N6O2/c1-12-19-16(22(2)3)11-17(20-12)23-6-8-24(9-7-23)18(25)14-10-15(26-21-14)13-4-5-13/h10-11,13H,4-9H2,1-3H3. The van der Waals surface area contributed by atoms with Crippen LogP contribution < -0.4 is 9.80 Å². The van der Waals surface area contributed by atoms with Crippen LogP contribution in [0.5, 0.6) is 0 Å². The molecular weight excluding hydrogens is 332 g/mol. The second-order valence-electron chi connectivity index (χ2n) is 7.19. The lowest BCUT2D eigenvalue weighted by atomic mass is 10.2. The quantitative estimate of drug-likeness (QED) is 0.824. The number of piperazine rings is 1. The molecule has 4 rings (SSSR count). The van der Waals surface area contributed by atoms with Gasteiger partial charge in [0.25, 0.3) is 5.91 Å². The third-order valence-corrected chi connectivity index (χ3v) is 4.89. The molecule has 26 heavy (non-hydrogen) atoms. The number of carbonyl (C=O) groups is 1. The maximum Gasteiger partial charge on any atom is 0.276 e. The summed E-state index contributed by atoms with van der Waals surface area (Å²) in [5.74, 6) is 3.81. The second kappa shape index (κ2) is 6.59. The zero-order valence-corrected chi connectivity index (χ0v) is 15.5. The Morgan fingerprint density at radius 3 is 2.54 bits per heavy atom. The molecule has 1 amide bonds. The first-order valence-electron chi connectivity index (χ1n) is 9.05. The molecule has 0 radical (unpaired) electrons. The van der Waals surface area contributed by atoms with Crippen molar-refractivity contribution in [3.63, 3.8) is 0 Å². The van der Waals surface area contributed by atoms with Crippen LogP contribution in [-0.4, -0.2) is 66.2 Å². The summed E-state index contributed by atoms with van der Waals surface area (Å²) in [5.41, 5.74) is 0.424. The number of anilines is 2. The molecule has 0 N–H and O–H groups in total. The summed E-state index contributed by atoms with van der Waals surface area (Å²) in [6.45, 7) is 4.67. The lowest BCUT2D eigenvalue weighted by Crippen LogP contribution is -2.49. The van der Waals surface area contributed by atoms with Gasteiger partial charge in [-0.25, -0.2) is 9.97 Å².